The van der Waals surface area contributed by atoms with Gasteiger partial charge in [-0.3, -0.25) is 4.79 Å². The van der Waals surface area contributed by atoms with Crippen molar-refractivity contribution in [3.63, 3.8) is 0 Å². The van der Waals surface area contributed by atoms with Gasteiger partial charge in [0.1, 0.15) is 0 Å². The zero-order valence-electron chi connectivity index (χ0n) is 12.4. The van der Waals surface area contributed by atoms with Crippen LogP contribution in [0.3, 0.4) is 0 Å². The number of nitrogens with one attached hydrogen (secondary N) is 2. The van der Waals surface area contributed by atoms with E-state index in [1.807, 2.05) is 0 Å². The number of amides is 1. The Balaban J connectivity index is 3.22. The Kier molecular flexibility index (Phi) is 11.1. The first-order valence-electron chi connectivity index (χ1n) is 7.10. The zero-order chi connectivity index (χ0) is 13.8. The highest BCUT2D eigenvalue weighted by Crippen LogP contribution is 1.93. The third-order valence-corrected chi connectivity index (χ3v) is 2.37. The predicted molar refractivity (Wildman–Crippen MR) is 75.7 cm³/mol. The second kappa shape index (κ2) is 11.5. The molecule has 0 aliphatic heterocycles. The molecule has 0 aromatic carbocycles. The molecule has 0 saturated heterocycles. The van der Waals surface area contributed by atoms with Crippen LogP contribution >= 0.6 is 0 Å². The van der Waals surface area contributed by atoms with Crippen LogP contribution in [-0.4, -0.2) is 38.3 Å². The van der Waals surface area contributed by atoms with Crippen LogP contribution in [0.5, 0.6) is 0 Å². The van der Waals surface area contributed by atoms with Crippen molar-refractivity contribution in [1.29, 1.82) is 0 Å². The Morgan fingerprint density at radius 3 is 2.44 bits per heavy atom. The third-order valence-electron chi connectivity index (χ3n) is 2.37. The van der Waals surface area contributed by atoms with E-state index in [9.17, 15) is 4.79 Å². The molecule has 0 fully saturated rings. The molecule has 0 radical (unpaired) electrons. The lowest BCUT2D eigenvalue weighted by atomic mass is 10.2. The number of rotatable bonds is 11. The molecular formula is C14H30N2O2. The van der Waals surface area contributed by atoms with Crippen molar-refractivity contribution in [2.24, 2.45) is 5.92 Å². The van der Waals surface area contributed by atoms with Crippen LogP contribution in [0.25, 0.3) is 0 Å². The van der Waals surface area contributed by atoms with Crippen LogP contribution in [0.15, 0.2) is 0 Å². The largest absolute Gasteiger partial charge is 0.381 e. The molecule has 0 atom stereocenters. The van der Waals surface area contributed by atoms with Crippen molar-refractivity contribution in [2.45, 2.75) is 53.0 Å². The molecule has 0 aliphatic carbocycles. The molecule has 0 heterocycles. The summed E-state index contributed by atoms with van der Waals surface area (Å²) in [6.45, 7) is 11.6. The minimum atomic E-state index is 0.143. The van der Waals surface area contributed by atoms with E-state index in [-0.39, 0.29) is 5.91 Å². The smallest absolute Gasteiger partial charge is 0.220 e. The topological polar surface area (TPSA) is 50.4 Å². The van der Waals surface area contributed by atoms with Gasteiger partial charge in [0.25, 0.3) is 0 Å². The van der Waals surface area contributed by atoms with Crippen LogP contribution in [-0.2, 0) is 9.53 Å². The summed E-state index contributed by atoms with van der Waals surface area (Å²) in [5.41, 5.74) is 0. The van der Waals surface area contributed by atoms with Gasteiger partial charge in [-0.05, 0) is 25.3 Å². The highest BCUT2D eigenvalue weighted by molar-refractivity contribution is 5.75. The maximum Gasteiger partial charge on any atom is 0.220 e. The van der Waals surface area contributed by atoms with Gasteiger partial charge in [0.05, 0.1) is 0 Å². The van der Waals surface area contributed by atoms with Crippen molar-refractivity contribution in [3.8, 4) is 0 Å². The minimum absolute atomic E-state index is 0.143. The third kappa shape index (κ3) is 13.5. The quantitative estimate of drug-likeness (QED) is 0.557. The molecule has 0 bridgehead atoms. The van der Waals surface area contributed by atoms with Crippen molar-refractivity contribution in [2.75, 3.05) is 26.3 Å². The second-order valence-electron chi connectivity index (χ2n) is 5.38. The van der Waals surface area contributed by atoms with Gasteiger partial charge in [0, 0.05) is 32.2 Å². The Hall–Kier alpha value is -0.610. The van der Waals surface area contributed by atoms with Crippen LogP contribution < -0.4 is 10.6 Å². The monoisotopic (exact) mass is 258 g/mol. The average molecular weight is 258 g/mol. The fraction of sp³-hybridized carbons (Fsp3) is 0.929. The summed E-state index contributed by atoms with van der Waals surface area (Å²) in [4.78, 5) is 11.4. The average Bonchev–Trinajstić information content (AvgIpc) is 2.28. The highest BCUT2D eigenvalue weighted by Gasteiger charge is 2.01. The maximum atomic E-state index is 11.4. The van der Waals surface area contributed by atoms with E-state index >= 15 is 0 Å². The van der Waals surface area contributed by atoms with E-state index in [0.29, 0.717) is 24.9 Å². The number of hydrogen-bond acceptors (Lipinski definition) is 3. The molecule has 0 aromatic heterocycles. The summed E-state index contributed by atoms with van der Waals surface area (Å²) < 4.78 is 5.44. The number of hydrogen-bond donors (Lipinski definition) is 2. The fourth-order valence-electron chi connectivity index (χ4n) is 1.45. The van der Waals surface area contributed by atoms with Gasteiger partial charge in [-0.2, -0.15) is 0 Å². The lowest BCUT2D eigenvalue weighted by Gasteiger charge is -2.09. The molecular weight excluding hydrogens is 228 g/mol. The number of carbonyl (C=O) groups excluding carboxylic acids is 1. The van der Waals surface area contributed by atoms with Crippen LogP contribution in [0.1, 0.15) is 47.0 Å². The van der Waals surface area contributed by atoms with E-state index in [2.05, 4.69) is 38.3 Å². The first kappa shape index (κ1) is 17.4. The molecule has 0 spiro atoms. The summed E-state index contributed by atoms with van der Waals surface area (Å²) >= 11 is 0. The Bertz CT molecular complexity index is 206. The highest BCUT2D eigenvalue weighted by atomic mass is 16.5. The molecule has 0 aliphatic rings. The van der Waals surface area contributed by atoms with Gasteiger partial charge in [0.2, 0.25) is 5.91 Å². The van der Waals surface area contributed by atoms with Crippen molar-refractivity contribution < 1.29 is 9.53 Å². The molecule has 0 aromatic rings. The molecule has 0 unspecified atom stereocenters. The van der Waals surface area contributed by atoms with E-state index in [4.69, 9.17) is 4.74 Å². The van der Waals surface area contributed by atoms with E-state index < -0.39 is 0 Å². The molecule has 2 N–H and O–H groups in total. The number of carbonyl (C=O) groups is 1. The molecule has 18 heavy (non-hydrogen) atoms. The zero-order valence-corrected chi connectivity index (χ0v) is 12.4. The summed E-state index contributed by atoms with van der Waals surface area (Å²) in [5.74, 6) is 0.720. The van der Waals surface area contributed by atoms with E-state index in [0.717, 1.165) is 32.6 Å². The lowest BCUT2D eigenvalue weighted by Crippen LogP contribution is -2.28. The summed E-state index contributed by atoms with van der Waals surface area (Å²) in [6.07, 6.45) is 2.39. The molecule has 4 nitrogen and oxygen atoms in total. The first-order valence-corrected chi connectivity index (χ1v) is 7.10. The van der Waals surface area contributed by atoms with Gasteiger partial charge in [-0.25, -0.2) is 0 Å². The first-order chi connectivity index (χ1) is 8.52. The van der Waals surface area contributed by atoms with Crippen LogP contribution in [0.4, 0.5) is 0 Å². The fourth-order valence-corrected chi connectivity index (χ4v) is 1.45. The van der Waals surface area contributed by atoms with Crippen molar-refractivity contribution in [1.82, 2.24) is 10.6 Å². The standard InChI is InChI=1S/C14H30N2O2/c1-12(2)11-18-10-6-9-16-14(17)7-5-8-15-13(3)4/h12-13,15H,5-11H2,1-4H3,(H,16,17). The summed E-state index contributed by atoms with van der Waals surface area (Å²) in [6, 6.07) is 0.492. The molecule has 1 amide bonds. The maximum absolute atomic E-state index is 11.4. The molecule has 0 rings (SSSR count). The second-order valence-corrected chi connectivity index (χ2v) is 5.38. The molecule has 4 heteroatoms. The van der Waals surface area contributed by atoms with E-state index in [1.54, 1.807) is 0 Å². The Morgan fingerprint density at radius 2 is 1.83 bits per heavy atom. The van der Waals surface area contributed by atoms with Gasteiger partial charge < -0.3 is 15.4 Å². The van der Waals surface area contributed by atoms with Crippen molar-refractivity contribution >= 4 is 5.91 Å². The Morgan fingerprint density at radius 1 is 1.11 bits per heavy atom. The molecule has 108 valence electrons. The van der Waals surface area contributed by atoms with Gasteiger partial charge in [-0.15, -0.1) is 0 Å². The number of ether oxygens (including phenoxy) is 1. The van der Waals surface area contributed by atoms with Crippen LogP contribution in [0.2, 0.25) is 0 Å². The van der Waals surface area contributed by atoms with Crippen LogP contribution in [0, 0.1) is 5.92 Å². The molecule has 0 saturated carbocycles. The lowest BCUT2D eigenvalue weighted by molar-refractivity contribution is -0.121. The SMILES string of the molecule is CC(C)COCCCNC(=O)CCCNC(C)C. The van der Waals surface area contributed by atoms with E-state index in [1.165, 1.54) is 0 Å². The van der Waals surface area contributed by atoms with Crippen molar-refractivity contribution in [3.05, 3.63) is 0 Å². The Labute approximate surface area is 112 Å². The summed E-state index contributed by atoms with van der Waals surface area (Å²) in [5, 5.41) is 6.21. The van der Waals surface area contributed by atoms with Gasteiger partial charge >= 0.3 is 0 Å². The van der Waals surface area contributed by atoms with Gasteiger partial charge in [-0.1, -0.05) is 27.7 Å². The normalized spacial score (nSPS) is 11.2. The summed E-state index contributed by atoms with van der Waals surface area (Å²) in [7, 11) is 0. The van der Waals surface area contributed by atoms with Gasteiger partial charge in [0.15, 0.2) is 0 Å². The minimum Gasteiger partial charge on any atom is -0.381 e. The predicted octanol–water partition coefficient (Wildman–Crippen LogP) is 1.94.